The number of nitrogens with zero attached hydrogens (tertiary/aromatic N) is 2. The molecule has 1 aromatic heterocycles. The lowest BCUT2D eigenvalue weighted by Crippen LogP contribution is -2.32. The number of rotatable bonds is 10. The van der Waals surface area contributed by atoms with Crippen molar-refractivity contribution in [1.82, 2.24) is 14.9 Å². The van der Waals surface area contributed by atoms with Gasteiger partial charge in [-0.25, -0.2) is 5.84 Å². The topological polar surface area (TPSA) is 135 Å². The number of aromatic nitrogens is 1. The largest absolute Gasteiger partial charge is 0.393 e. The van der Waals surface area contributed by atoms with Crippen molar-refractivity contribution in [2.24, 2.45) is 11.6 Å². The van der Waals surface area contributed by atoms with Gasteiger partial charge in [-0.3, -0.25) is 14.4 Å². The number of benzene rings is 1. The van der Waals surface area contributed by atoms with Crippen LogP contribution in [-0.2, 0) is 22.6 Å². The first kappa shape index (κ1) is 22.7. The molecule has 0 unspecified atom stereocenters. The molecule has 1 heterocycles. The Balaban J connectivity index is 1.79. The maximum atomic E-state index is 12.3. The fourth-order valence-electron chi connectivity index (χ4n) is 2.78. The smallest absolute Gasteiger partial charge is 0.268 e. The third-order valence-corrected chi connectivity index (χ3v) is 4.35. The van der Waals surface area contributed by atoms with Gasteiger partial charge in [0.1, 0.15) is 5.70 Å². The number of hydrogen-bond donors (Lipinski definition) is 4. The summed E-state index contributed by atoms with van der Waals surface area (Å²) >= 11 is 0. The number of anilines is 1. The van der Waals surface area contributed by atoms with Crippen molar-refractivity contribution in [3.05, 3.63) is 76.5 Å². The quantitative estimate of drug-likeness (QED) is 0.195. The van der Waals surface area contributed by atoms with E-state index in [0.29, 0.717) is 31.6 Å². The van der Waals surface area contributed by atoms with Crippen LogP contribution in [0.2, 0.25) is 0 Å². The van der Waals surface area contributed by atoms with Crippen LogP contribution in [0.1, 0.15) is 18.4 Å². The fourth-order valence-corrected chi connectivity index (χ4v) is 2.78. The van der Waals surface area contributed by atoms with Crippen molar-refractivity contribution in [2.45, 2.75) is 25.8 Å². The van der Waals surface area contributed by atoms with Crippen molar-refractivity contribution in [3.63, 3.8) is 0 Å². The van der Waals surface area contributed by atoms with E-state index in [9.17, 15) is 14.4 Å². The Kier molecular flexibility index (Phi) is 8.64. The zero-order valence-electron chi connectivity index (χ0n) is 17.0. The van der Waals surface area contributed by atoms with Gasteiger partial charge in [0.15, 0.2) is 0 Å². The Morgan fingerprint density at radius 1 is 1.17 bits per heavy atom. The molecule has 0 bridgehead atoms. The van der Waals surface area contributed by atoms with Crippen LogP contribution < -0.4 is 27.8 Å². The Hall–Kier alpha value is -3.59. The van der Waals surface area contributed by atoms with Crippen molar-refractivity contribution in [2.75, 3.05) is 18.9 Å². The number of carbonyl (C=O) groups is 2. The maximum absolute atomic E-state index is 12.3. The summed E-state index contributed by atoms with van der Waals surface area (Å²) in [7, 11) is 1.49. The zero-order valence-corrected chi connectivity index (χ0v) is 17.0. The summed E-state index contributed by atoms with van der Waals surface area (Å²) in [4.78, 5) is 35.7. The van der Waals surface area contributed by atoms with Crippen molar-refractivity contribution >= 4 is 17.5 Å². The highest BCUT2D eigenvalue weighted by atomic mass is 16.2. The van der Waals surface area contributed by atoms with E-state index in [1.165, 1.54) is 24.3 Å². The Morgan fingerprint density at radius 2 is 1.90 bits per heavy atom. The molecule has 0 radical (unpaired) electrons. The van der Waals surface area contributed by atoms with Crippen LogP contribution in [0.3, 0.4) is 0 Å². The molecule has 9 heteroatoms. The average Bonchev–Trinajstić information content (AvgIpc) is 2.72. The lowest BCUT2D eigenvalue weighted by molar-refractivity contribution is -0.117. The number of pyridine rings is 1. The minimum Gasteiger partial charge on any atom is -0.393 e. The first-order valence-corrected chi connectivity index (χ1v) is 9.64. The van der Waals surface area contributed by atoms with E-state index in [1.807, 2.05) is 30.3 Å². The second-order valence-corrected chi connectivity index (χ2v) is 6.77. The highest BCUT2D eigenvalue weighted by Gasteiger charge is 2.06. The Morgan fingerprint density at radius 3 is 2.57 bits per heavy atom. The van der Waals surface area contributed by atoms with Crippen LogP contribution in [0.4, 0.5) is 5.69 Å². The van der Waals surface area contributed by atoms with Gasteiger partial charge in [-0.2, -0.15) is 0 Å². The summed E-state index contributed by atoms with van der Waals surface area (Å²) in [5.74, 6) is 5.22. The molecule has 0 fully saturated rings. The van der Waals surface area contributed by atoms with Gasteiger partial charge in [0.05, 0.1) is 6.42 Å². The molecule has 160 valence electrons. The summed E-state index contributed by atoms with van der Waals surface area (Å²) in [5.41, 5.74) is 6.80. The third-order valence-electron chi connectivity index (χ3n) is 4.35. The molecule has 2 amide bonds. The van der Waals surface area contributed by atoms with Crippen LogP contribution in [0.5, 0.6) is 0 Å². The zero-order chi connectivity index (χ0) is 21.9. The van der Waals surface area contributed by atoms with Crippen LogP contribution in [0, 0.1) is 0 Å². The molecule has 0 saturated heterocycles. The molecule has 2 rings (SSSR count). The molecule has 0 aliphatic carbocycles. The van der Waals surface area contributed by atoms with Crippen LogP contribution in [0.15, 0.2) is 65.4 Å². The molecule has 0 aliphatic rings. The molecule has 6 N–H and O–H groups in total. The highest BCUT2D eigenvalue weighted by molar-refractivity contribution is 5.92. The minimum absolute atomic E-state index is 0.0288. The lowest BCUT2D eigenvalue weighted by Gasteiger charge is -2.15. The van der Waals surface area contributed by atoms with Crippen LogP contribution >= 0.6 is 0 Å². The van der Waals surface area contributed by atoms with Crippen molar-refractivity contribution < 1.29 is 9.59 Å². The van der Waals surface area contributed by atoms with E-state index in [0.717, 1.165) is 5.56 Å². The predicted octanol–water partition coefficient (Wildman–Crippen LogP) is 0.532. The number of likely N-dealkylation sites (N-methyl/N-ethyl adjacent to an activating group) is 1. The average molecular weight is 412 g/mol. The Bertz CT molecular complexity index is 939. The molecule has 0 aliphatic heterocycles. The number of nitrogens with one attached hydrogen (secondary N) is 2. The van der Waals surface area contributed by atoms with Crippen LogP contribution in [0.25, 0.3) is 0 Å². The standard InChI is InChI=1S/C21H28N6O3/c1-24-21(30)18(22)15-27(23)11-6-5-10-26-12-9-17(14-20(26)29)25-19(28)13-16-7-3-2-4-8-16/h2-4,7-9,12,14-15H,5-6,10-11,13,22-23H2,1H3,(H,24,30)(H,25,28)/b18-15-. The number of hydrogen-bond acceptors (Lipinski definition) is 6. The minimum atomic E-state index is -0.395. The first-order chi connectivity index (χ1) is 14.4. The van der Waals surface area contributed by atoms with E-state index in [1.54, 1.807) is 16.8 Å². The number of aryl methyl sites for hydroxylation is 1. The monoisotopic (exact) mass is 412 g/mol. The van der Waals surface area contributed by atoms with Gasteiger partial charge in [-0.1, -0.05) is 30.3 Å². The van der Waals surface area contributed by atoms with Gasteiger partial charge in [0.25, 0.3) is 11.5 Å². The van der Waals surface area contributed by atoms with Gasteiger partial charge < -0.3 is 25.9 Å². The van der Waals surface area contributed by atoms with E-state index in [4.69, 9.17) is 11.6 Å². The molecule has 0 saturated carbocycles. The number of unbranched alkanes of at least 4 members (excludes halogenated alkanes) is 1. The van der Waals surface area contributed by atoms with Gasteiger partial charge in [-0.15, -0.1) is 0 Å². The van der Waals surface area contributed by atoms with Gasteiger partial charge in [-0.05, 0) is 24.5 Å². The summed E-state index contributed by atoms with van der Waals surface area (Å²) in [6.45, 7) is 1.000. The van der Waals surface area contributed by atoms with E-state index < -0.39 is 5.91 Å². The third kappa shape index (κ3) is 7.44. The molecule has 9 nitrogen and oxygen atoms in total. The van der Waals surface area contributed by atoms with Gasteiger partial charge in [0, 0.05) is 44.3 Å². The summed E-state index contributed by atoms with van der Waals surface area (Å²) in [6, 6.07) is 12.5. The number of nitrogens with two attached hydrogens (primary N) is 2. The van der Waals surface area contributed by atoms with Gasteiger partial charge >= 0.3 is 0 Å². The molecule has 1 aromatic carbocycles. The normalized spacial score (nSPS) is 11.1. The predicted molar refractivity (Wildman–Crippen MR) is 116 cm³/mol. The van der Waals surface area contributed by atoms with E-state index in [-0.39, 0.29) is 23.6 Å². The molecular weight excluding hydrogens is 384 g/mol. The Labute approximate surface area is 175 Å². The van der Waals surface area contributed by atoms with Crippen molar-refractivity contribution in [1.29, 1.82) is 0 Å². The van der Waals surface area contributed by atoms with E-state index >= 15 is 0 Å². The second kappa shape index (κ2) is 11.4. The lowest BCUT2D eigenvalue weighted by atomic mass is 10.1. The fraction of sp³-hybridized carbons (Fsp3) is 0.286. The number of hydrazine groups is 1. The molecule has 30 heavy (non-hydrogen) atoms. The number of carbonyl (C=O) groups excluding carboxylic acids is 2. The second-order valence-electron chi connectivity index (χ2n) is 6.77. The molecule has 0 spiro atoms. The van der Waals surface area contributed by atoms with Gasteiger partial charge in [0.2, 0.25) is 5.91 Å². The highest BCUT2D eigenvalue weighted by Crippen LogP contribution is 2.06. The van der Waals surface area contributed by atoms with Crippen LogP contribution in [-0.4, -0.2) is 35.0 Å². The molecular formula is C21H28N6O3. The molecule has 2 aromatic rings. The molecule has 0 atom stereocenters. The summed E-state index contributed by atoms with van der Waals surface area (Å²) in [6.07, 6.45) is 4.69. The SMILES string of the molecule is CNC(=O)/C(N)=C/N(N)CCCCn1ccc(NC(=O)Cc2ccccc2)cc1=O. The summed E-state index contributed by atoms with van der Waals surface area (Å²) in [5, 5.41) is 6.51. The van der Waals surface area contributed by atoms with E-state index in [2.05, 4.69) is 10.6 Å². The maximum Gasteiger partial charge on any atom is 0.268 e. The summed E-state index contributed by atoms with van der Waals surface area (Å²) < 4.78 is 1.57. The number of amides is 2. The first-order valence-electron chi connectivity index (χ1n) is 9.64. The van der Waals surface area contributed by atoms with Crippen molar-refractivity contribution in [3.8, 4) is 0 Å².